The quantitative estimate of drug-likeness (QED) is 0.746. The molecule has 2 aliphatic heterocycles. The number of hydrogen-bond donors (Lipinski definition) is 0. The van der Waals surface area contributed by atoms with E-state index in [1.807, 2.05) is 0 Å². The van der Waals surface area contributed by atoms with E-state index >= 15 is 0 Å². The minimum atomic E-state index is 0.357. The van der Waals surface area contributed by atoms with Gasteiger partial charge in [-0.2, -0.15) is 0 Å². The molecular weight excluding hydrogens is 268 g/mol. The summed E-state index contributed by atoms with van der Waals surface area (Å²) in [5, 5.41) is 0. The number of rotatable bonds is 2. The van der Waals surface area contributed by atoms with Crippen LogP contribution in [0, 0.1) is 17.3 Å². The third kappa shape index (κ3) is 3.38. The predicted octanol–water partition coefficient (Wildman–Crippen LogP) is 4.40. The van der Waals surface area contributed by atoms with E-state index in [0.29, 0.717) is 11.0 Å². The van der Waals surface area contributed by atoms with Gasteiger partial charge in [0.05, 0.1) is 0 Å². The first-order valence-corrected chi connectivity index (χ1v) is 9.65. The summed E-state index contributed by atoms with van der Waals surface area (Å²) in [5.74, 6) is 1.93. The molecule has 128 valence electrons. The van der Waals surface area contributed by atoms with Crippen molar-refractivity contribution < 1.29 is 0 Å². The molecule has 2 heteroatoms. The van der Waals surface area contributed by atoms with Gasteiger partial charge in [-0.25, -0.2) is 0 Å². The predicted molar refractivity (Wildman–Crippen MR) is 95.1 cm³/mol. The molecule has 1 saturated carbocycles. The normalized spacial score (nSPS) is 37.9. The number of nitrogens with zero attached hydrogens (tertiary/aromatic N) is 2. The van der Waals surface area contributed by atoms with Gasteiger partial charge < -0.3 is 0 Å². The molecule has 3 aliphatic rings. The van der Waals surface area contributed by atoms with Crippen LogP contribution in [0.25, 0.3) is 0 Å². The SMILES string of the molecule is CC(C)(C)C1CCC(CN2CC3CC2CN3C(C)(C)C)CC1. The van der Waals surface area contributed by atoms with Crippen molar-refractivity contribution in [2.75, 3.05) is 19.6 Å². The molecule has 2 nitrogen and oxygen atoms in total. The fourth-order valence-electron chi connectivity index (χ4n) is 5.34. The van der Waals surface area contributed by atoms with Crippen LogP contribution in [0.2, 0.25) is 0 Å². The molecule has 0 aromatic rings. The minimum absolute atomic E-state index is 0.357. The van der Waals surface area contributed by atoms with Crippen LogP contribution >= 0.6 is 0 Å². The Bertz CT molecular complexity index is 381. The second-order valence-electron chi connectivity index (χ2n) is 10.4. The molecule has 3 fully saturated rings. The van der Waals surface area contributed by atoms with Crippen LogP contribution in [0.5, 0.6) is 0 Å². The molecule has 2 saturated heterocycles. The molecule has 2 heterocycles. The van der Waals surface area contributed by atoms with Crippen molar-refractivity contribution in [1.29, 1.82) is 0 Å². The first kappa shape index (κ1) is 16.8. The van der Waals surface area contributed by atoms with Gasteiger partial charge in [0.1, 0.15) is 0 Å². The van der Waals surface area contributed by atoms with Gasteiger partial charge in [-0.1, -0.05) is 20.8 Å². The molecule has 0 aromatic carbocycles. The van der Waals surface area contributed by atoms with E-state index in [9.17, 15) is 0 Å². The third-order valence-electron chi connectivity index (χ3n) is 6.78. The highest BCUT2D eigenvalue weighted by Gasteiger charge is 2.47. The largest absolute Gasteiger partial charge is 0.297 e. The Hall–Kier alpha value is -0.0800. The molecule has 0 aromatic heterocycles. The highest BCUT2D eigenvalue weighted by atomic mass is 15.4. The van der Waals surface area contributed by atoms with Crippen LogP contribution in [0.3, 0.4) is 0 Å². The van der Waals surface area contributed by atoms with Crippen LogP contribution < -0.4 is 0 Å². The van der Waals surface area contributed by atoms with Crippen molar-refractivity contribution in [2.24, 2.45) is 17.3 Å². The first-order valence-electron chi connectivity index (χ1n) is 9.65. The van der Waals surface area contributed by atoms with Gasteiger partial charge in [-0.3, -0.25) is 9.80 Å². The Morgan fingerprint density at radius 3 is 1.91 bits per heavy atom. The lowest BCUT2D eigenvalue weighted by atomic mass is 9.70. The zero-order valence-electron chi connectivity index (χ0n) is 15.9. The number of fused-ring (bicyclic) bond motifs is 2. The molecule has 0 spiro atoms. The lowest BCUT2D eigenvalue weighted by Crippen LogP contribution is -2.54. The second kappa shape index (κ2) is 5.77. The van der Waals surface area contributed by atoms with Crippen LogP contribution in [-0.2, 0) is 0 Å². The summed E-state index contributed by atoms with van der Waals surface area (Å²) in [6.45, 7) is 18.5. The maximum atomic E-state index is 2.84. The highest BCUT2D eigenvalue weighted by molar-refractivity contribution is 5.03. The van der Waals surface area contributed by atoms with Crippen LogP contribution in [0.15, 0.2) is 0 Å². The molecule has 0 radical (unpaired) electrons. The van der Waals surface area contributed by atoms with E-state index in [-0.39, 0.29) is 0 Å². The van der Waals surface area contributed by atoms with Crippen molar-refractivity contribution in [3.8, 4) is 0 Å². The minimum Gasteiger partial charge on any atom is -0.297 e. The Balaban J connectivity index is 1.47. The van der Waals surface area contributed by atoms with Crippen molar-refractivity contribution >= 4 is 0 Å². The number of likely N-dealkylation sites (tertiary alicyclic amines) is 2. The summed E-state index contributed by atoms with van der Waals surface area (Å²) in [6.07, 6.45) is 7.29. The van der Waals surface area contributed by atoms with Gasteiger partial charge in [-0.05, 0) is 70.1 Å². The lowest BCUT2D eigenvalue weighted by Gasteiger charge is -2.43. The Kier molecular flexibility index (Phi) is 4.40. The van der Waals surface area contributed by atoms with Crippen molar-refractivity contribution in [1.82, 2.24) is 9.80 Å². The number of piperazine rings is 1. The standard InChI is InChI=1S/C20H38N2/c1-19(2,3)16-9-7-15(8-10-16)12-21-13-18-11-17(21)14-22(18)20(4,5)6/h15-18H,7-14H2,1-6H3. The summed E-state index contributed by atoms with van der Waals surface area (Å²) in [4.78, 5) is 5.60. The van der Waals surface area contributed by atoms with Gasteiger partial charge in [0.25, 0.3) is 0 Å². The average molecular weight is 307 g/mol. The van der Waals surface area contributed by atoms with E-state index < -0.39 is 0 Å². The van der Waals surface area contributed by atoms with Gasteiger partial charge >= 0.3 is 0 Å². The van der Waals surface area contributed by atoms with Crippen molar-refractivity contribution in [3.05, 3.63) is 0 Å². The summed E-state index contributed by atoms with van der Waals surface area (Å²) in [7, 11) is 0. The molecule has 22 heavy (non-hydrogen) atoms. The maximum Gasteiger partial charge on any atom is 0.0244 e. The molecule has 2 unspecified atom stereocenters. The zero-order chi connectivity index (χ0) is 16.1. The fourth-order valence-corrected chi connectivity index (χ4v) is 5.34. The molecule has 0 N–H and O–H groups in total. The van der Waals surface area contributed by atoms with Gasteiger partial charge in [0.2, 0.25) is 0 Å². The van der Waals surface area contributed by atoms with E-state index in [1.54, 1.807) is 0 Å². The number of hydrogen-bond acceptors (Lipinski definition) is 2. The van der Waals surface area contributed by atoms with Crippen LogP contribution in [-0.4, -0.2) is 47.1 Å². The van der Waals surface area contributed by atoms with Gasteiger partial charge in [0.15, 0.2) is 0 Å². The zero-order valence-corrected chi connectivity index (χ0v) is 15.9. The first-order chi connectivity index (χ1) is 10.1. The molecule has 2 atom stereocenters. The van der Waals surface area contributed by atoms with Crippen molar-refractivity contribution in [3.63, 3.8) is 0 Å². The van der Waals surface area contributed by atoms with E-state index in [4.69, 9.17) is 0 Å². The summed E-state index contributed by atoms with van der Waals surface area (Å²) >= 11 is 0. The second-order valence-corrected chi connectivity index (χ2v) is 10.4. The summed E-state index contributed by atoms with van der Waals surface area (Å²) < 4.78 is 0. The monoisotopic (exact) mass is 306 g/mol. The Morgan fingerprint density at radius 1 is 0.818 bits per heavy atom. The van der Waals surface area contributed by atoms with Gasteiger partial charge in [-0.15, -0.1) is 0 Å². The van der Waals surface area contributed by atoms with Gasteiger partial charge in [0, 0.05) is 37.3 Å². The highest BCUT2D eigenvalue weighted by Crippen LogP contribution is 2.41. The maximum absolute atomic E-state index is 2.84. The molecular formula is C20H38N2. The van der Waals surface area contributed by atoms with Crippen LogP contribution in [0.1, 0.15) is 73.6 Å². The molecule has 2 bridgehead atoms. The summed E-state index contributed by atoms with van der Waals surface area (Å²) in [6, 6.07) is 1.68. The molecule has 3 rings (SSSR count). The lowest BCUT2D eigenvalue weighted by molar-refractivity contribution is 0.0432. The molecule has 0 amide bonds. The van der Waals surface area contributed by atoms with E-state index in [1.165, 1.54) is 51.7 Å². The topological polar surface area (TPSA) is 6.48 Å². The molecule has 1 aliphatic carbocycles. The van der Waals surface area contributed by atoms with E-state index in [0.717, 1.165) is 23.9 Å². The van der Waals surface area contributed by atoms with Crippen molar-refractivity contribution in [2.45, 2.75) is 91.3 Å². The van der Waals surface area contributed by atoms with Crippen LogP contribution in [0.4, 0.5) is 0 Å². The summed E-state index contributed by atoms with van der Waals surface area (Å²) in [5.41, 5.74) is 0.876. The third-order valence-corrected chi connectivity index (χ3v) is 6.78. The van der Waals surface area contributed by atoms with E-state index in [2.05, 4.69) is 51.3 Å². The Morgan fingerprint density at radius 2 is 1.45 bits per heavy atom. The Labute approximate surface area is 138 Å². The smallest absolute Gasteiger partial charge is 0.0244 e. The fraction of sp³-hybridized carbons (Fsp3) is 1.00. The average Bonchev–Trinajstić information content (AvgIpc) is 2.97.